The topological polar surface area (TPSA) is 37.4 Å². The summed E-state index contributed by atoms with van der Waals surface area (Å²) >= 11 is 3.37. The lowest BCUT2D eigenvalue weighted by atomic mass is 10.3. The van der Waals surface area contributed by atoms with E-state index in [2.05, 4.69) is 31.1 Å². The molecule has 0 spiro atoms. The van der Waals surface area contributed by atoms with Gasteiger partial charge < -0.3 is 10.1 Å². The Labute approximate surface area is 110 Å². The third kappa shape index (κ3) is 4.71. The molecule has 0 aromatic carbocycles. The van der Waals surface area contributed by atoms with E-state index in [4.69, 9.17) is 4.74 Å². The Hall–Kier alpha value is -0.490. The summed E-state index contributed by atoms with van der Waals surface area (Å²) in [7, 11) is 0. The van der Waals surface area contributed by atoms with Crippen LogP contribution in [0.25, 0.3) is 0 Å². The molecule has 0 saturated carbocycles. The summed E-state index contributed by atoms with van der Waals surface area (Å²) in [6, 6.07) is 5.99. The quantitative estimate of drug-likeness (QED) is 0.656. The van der Waals surface area contributed by atoms with Crippen molar-refractivity contribution in [2.24, 2.45) is 0 Å². The number of morpholine rings is 1. The number of hydrogen-bond donors (Lipinski definition) is 1. The molecule has 94 valence electrons. The number of nitrogens with zero attached hydrogens (tertiary/aromatic N) is 2. The van der Waals surface area contributed by atoms with E-state index in [1.54, 1.807) is 0 Å². The van der Waals surface area contributed by atoms with Gasteiger partial charge in [-0.05, 0) is 28.1 Å². The minimum Gasteiger partial charge on any atom is -0.379 e. The van der Waals surface area contributed by atoms with E-state index in [-0.39, 0.29) is 0 Å². The van der Waals surface area contributed by atoms with Gasteiger partial charge in [0.15, 0.2) is 0 Å². The molecule has 0 radical (unpaired) electrons. The van der Waals surface area contributed by atoms with Gasteiger partial charge in [-0.3, -0.25) is 4.90 Å². The fourth-order valence-corrected chi connectivity index (χ4v) is 2.21. The van der Waals surface area contributed by atoms with Crippen molar-refractivity contribution in [2.75, 3.05) is 39.4 Å². The predicted molar refractivity (Wildman–Crippen MR) is 70.9 cm³/mol. The van der Waals surface area contributed by atoms with Crippen LogP contribution in [0.2, 0.25) is 0 Å². The zero-order valence-electron chi connectivity index (χ0n) is 9.86. The lowest BCUT2D eigenvalue weighted by molar-refractivity contribution is 0.0384. The Balaban J connectivity index is 1.62. The molecule has 2 rings (SSSR count). The molecule has 5 heteroatoms. The first-order chi connectivity index (χ1) is 8.34. The van der Waals surface area contributed by atoms with Crippen molar-refractivity contribution in [2.45, 2.75) is 6.54 Å². The maximum Gasteiger partial charge on any atom is 0.106 e. The molecule has 1 aromatic heterocycles. The number of nitrogens with one attached hydrogen (secondary N) is 1. The predicted octanol–water partition coefficient (Wildman–Crippen LogP) is 1.27. The van der Waals surface area contributed by atoms with Crippen LogP contribution in [-0.2, 0) is 11.3 Å². The van der Waals surface area contributed by atoms with Crippen molar-refractivity contribution < 1.29 is 4.74 Å². The first kappa shape index (κ1) is 13.0. The molecule has 4 nitrogen and oxygen atoms in total. The van der Waals surface area contributed by atoms with E-state index >= 15 is 0 Å². The van der Waals surface area contributed by atoms with Gasteiger partial charge >= 0.3 is 0 Å². The van der Waals surface area contributed by atoms with Gasteiger partial charge in [0.25, 0.3) is 0 Å². The Morgan fingerprint density at radius 3 is 2.94 bits per heavy atom. The van der Waals surface area contributed by atoms with E-state index in [0.717, 1.165) is 56.2 Å². The maximum absolute atomic E-state index is 5.31. The summed E-state index contributed by atoms with van der Waals surface area (Å²) in [6.07, 6.45) is 0. The summed E-state index contributed by atoms with van der Waals surface area (Å²) in [5, 5.41) is 3.41. The Morgan fingerprint density at radius 1 is 1.35 bits per heavy atom. The van der Waals surface area contributed by atoms with E-state index < -0.39 is 0 Å². The number of aromatic nitrogens is 1. The average molecular weight is 300 g/mol. The summed E-state index contributed by atoms with van der Waals surface area (Å²) < 4.78 is 6.20. The lowest BCUT2D eigenvalue weighted by Gasteiger charge is -2.26. The second kappa shape index (κ2) is 7.06. The number of rotatable bonds is 5. The van der Waals surface area contributed by atoms with Crippen LogP contribution in [0.3, 0.4) is 0 Å². The molecule has 0 amide bonds. The van der Waals surface area contributed by atoms with Crippen molar-refractivity contribution in [3.05, 3.63) is 28.5 Å². The molecule has 0 atom stereocenters. The smallest absolute Gasteiger partial charge is 0.106 e. The minimum absolute atomic E-state index is 0.823. The van der Waals surface area contributed by atoms with Gasteiger partial charge in [-0.2, -0.15) is 0 Å². The molecule has 1 aliphatic rings. The molecule has 0 bridgehead atoms. The van der Waals surface area contributed by atoms with Gasteiger partial charge in [0.1, 0.15) is 4.60 Å². The molecule has 17 heavy (non-hydrogen) atoms. The van der Waals surface area contributed by atoms with Crippen LogP contribution in [0.5, 0.6) is 0 Å². The Bertz CT molecular complexity index is 342. The highest BCUT2D eigenvalue weighted by Gasteiger charge is 2.08. The van der Waals surface area contributed by atoms with Gasteiger partial charge in [0, 0.05) is 32.7 Å². The van der Waals surface area contributed by atoms with Crippen LogP contribution < -0.4 is 5.32 Å². The van der Waals surface area contributed by atoms with Crippen LogP contribution in [0, 0.1) is 0 Å². The van der Waals surface area contributed by atoms with Gasteiger partial charge in [-0.25, -0.2) is 4.98 Å². The van der Waals surface area contributed by atoms with Crippen molar-refractivity contribution in [1.82, 2.24) is 15.2 Å². The number of hydrogen-bond acceptors (Lipinski definition) is 4. The van der Waals surface area contributed by atoms with Gasteiger partial charge in [-0.1, -0.05) is 6.07 Å². The molecule has 0 aliphatic carbocycles. The molecule has 1 saturated heterocycles. The highest BCUT2D eigenvalue weighted by atomic mass is 79.9. The normalized spacial score (nSPS) is 17.2. The summed E-state index contributed by atoms with van der Waals surface area (Å²) in [6.45, 7) is 6.74. The monoisotopic (exact) mass is 299 g/mol. The van der Waals surface area contributed by atoms with Gasteiger partial charge in [-0.15, -0.1) is 0 Å². The number of ether oxygens (including phenoxy) is 1. The third-order valence-corrected chi connectivity index (χ3v) is 3.23. The Morgan fingerprint density at radius 2 is 2.18 bits per heavy atom. The van der Waals surface area contributed by atoms with Crippen LogP contribution in [0.15, 0.2) is 22.8 Å². The highest BCUT2D eigenvalue weighted by Crippen LogP contribution is 2.05. The SMILES string of the molecule is Brc1cccc(CNCCN2CCOCC2)n1. The first-order valence-electron chi connectivity index (χ1n) is 5.97. The van der Waals surface area contributed by atoms with Crippen LogP contribution >= 0.6 is 15.9 Å². The van der Waals surface area contributed by atoms with Crippen LogP contribution in [-0.4, -0.2) is 49.3 Å². The molecular formula is C12H18BrN3O. The molecule has 1 aliphatic heterocycles. The van der Waals surface area contributed by atoms with Crippen LogP contribution in [0.1, 0.15) is 5.69 Å². The third-order valence-electron chi connectivity index (χ3n) is 2.79. The van der Waals surface area contributed by atoms with Crippen LogP contribution in [0.4, 0.5) is 0 Å². The molecule has 1 aromatic rings. The van der Waals surface area contributed by atoms with E-state index in [9.17, 15) is 0 Å². The van der Waals surface area contributed by atoms with E-state index in [1.807, 2.05) is 18.2 Å². The van der Waals surface area contributed by atoms with Crippen molar-refractivity contribution in [3.63, 3.8) is 0 Å². The second-order valence-corrected chi connectivity index (χ2v) is 4.89. The zero-order chi connectivity index (χ0) is 11.9. The highest BCUT2D eigenvalue weighted by molar-refractivity contribution is 9.10. The largest absolute Gasteiger partial charge is 0.379 e. The molecule has 2 heterocycles. The fourth-order valence-electron chi connectivity index (χ4n) is 1.83. The summed E-state index contributed by atoms with van der Waals surface area (Å²) in [5.41, 5.74) is 1.07. The average Bonchev–Trinajstić information content (AvgIpc) is 2.36. The van der Waals surface area contributed by atoms with Crippen molar-refractivity contribution in [1.29, 1.82) is 0 Å². The number of halogens is 1. The maximum atomic E-state index is 5.31. The summed E-state index contributed by atoms with van der Waals surface area (Å²) in [5.74, 6) is 0. The van der Waals surface area contributed by atoms with E-state index in [0.29, 0.717) is 0 Å². The van der Waals surface area contributed by atoms with Gasteiger partial charge in [0.05, 0.1) is 18.9 Å². The van der Waals surface area contributed by atoms with Gasteiger partial charge in [0.2, 0.25) is 0 Å². The standard InChI is InChI=1S/C12H18BrN3O/c13-12-3-1-2-11(15-12)10-14-4-5-16-6-8-17-9-7-16/h1-3,14H,4-10H2. The second-order valence-electron chi connectivity index (χ2n) is 4.08. The Kier molecular flexibility index (Phi) is 5.38. The fraction of sp³-hybridized carbons (Fsp3) is 0.583. The molecular weight excluding hydrogens is 282 g/mol. The minimum atomic E-state index is 0.823. The number of pyridine rings is 1. The van der Waals surface area contributed by atoms with E-state index in [1.165, 1.54) is 0 Å². The zero-order valence-corrected chi connectivity index (χ0v) is 11.4. The lowest BCUT2D eigenvalue weighted by Crippen LogP contribution is -2.40. The summed E-state index contributed by atoms with van der Waals surface area (Å²) in [4.78, 5) is 6.80. The molecule has 1 N–H and O–H groups in total. The first-order valence-corrected chi connectivity index (χ1v) is 6.76. The van der Waals surface area contributed by atoms with Crippen molar-refractivity contribution in [3.8, 4) is 0 Å². The molecule has 0 unspecified atom stereocenters. The van der Waals surface area contributed by atoms with Crippen molar-refractivity contribution >= 4 is 15.9 Å². The molecule has 1 fully saturated rings.